The Morgan fingerprint density at radius 3 is 1.81 bits per heavy atom. The van der Waals surface area contributed by atoms with Crippen LogP contribution in [0.4, 0.5) is 0 Å². The van der Waals surface area contributed by atoms with Gasteiger partial charge in [-0.05, 0) is 60.2 Å². The second-order valence-corrected chi connectivity index (χ2v) is 11.0. The summed E-state index contributed by atoms with van der Waals surface area (Å²) in [6.07, 6.45) is 7.88. The summed E-state index contributed by atoms with van der Waals surface area (Å²) in [5.41, 5.74) is 4.32. The average Bonchev–Trinajstić information content (AvgIpc) is 3.61. The number of hydrogen-bond donors (Lipinski definition) is 0. The summed E-state index contributed by atoms with van der Waals surface area (Å²) in [7, 11) is 6.84. The second kappa shape index (κ2) is 16.2. The molecule has 0 bridgehead atoms. The minimum absolute atomic E-state index is 0. The fourth-order valence-corrected chi connectivity index (χ4v) is 6.74. The normalized spacial score (nSPS) is 13.5. The van der Waals surface area contributed by atoms with Crippen molar-refractivity contribution in [3.8, 4) is 11.5 Å². The first-order valence-corrected chi connectivity index (χ1v) is 13.8. The van der Waals surface area contributed by atoms with E-state index in [1.807, 2.05) is 66.7 Å². The van der Waals surface area contributed by atoms with Crippen LogP contribution in [0, 0.1) is 0 Å². The van der Waals surface area contributed by atoms with Gasteiger partial charge in [0.25, 0.3) is 0 Å². The molecule has 0 N–H and O–H groups in total. The minimum atomic E-state index is -0.689. The largest absolute Gasteiger partial charge is 2.00 e. The van der Waals surface area contributed by atoms with E-state index in [1.165, 1.54) is 11.1 Å². The quantitative estimate of drug-likeness (QED) is 0.127. The Morgan fingerprint density at radius 2 is 1.38 bits per heavy atom. The van der Waals surface area contributed by atoms with Crippen molar-refractivity contribution in [1.82, 2.24) is 4.90 Å². The fraction of sp³-hybridized carbons (Fsp3) is 0.258. The molecule has 6 heteroatoms. The van der Waals surface area contributed by atoms with Gasteiger partial charge in [-0.3, -0.25) is 0 Å². The van der Waals surface area contributed by atoms with Crippen molar-refractivity contribution in [3.05, 3.63) is 125 Å². The van der Waals surface area contributed by atoms with E-state index in [-0.39, 0.29) is 17.1 Å². The second-order valence-electron chi connectivity index (χ2n) is 8.77. The van der Waals surface area contributed by atoms with Crippen molar-refractivity contribution < 1.29 is 31.6 Å². The number of ether oxygens (including phenoxy) is 2. The van der Waals surface area contributed by atoms with E-state index < -0.39 is 7.92 Å². The van der Waals surface area contributed by atoms with E-state index in [1.54, 1.807) is 14.2 Å². The molecule has 4 rings (SSSR count). The Balaban J connectivity index is 0.000000716. The van der Waals surface area contributed by atoms with Gasteiger partial charge in [0.15, 0.2) is 0 Å². The van der Waals surface area contributed by atoms with E-state index in [4.69, 9.17) is 9.47 Å². The molecule has 3 aromatic carbocycles. The van der Waals surface area contributed by atoms with Crippen LogP contribution in [0.25, 0.3) is 0 Å². The maximum Gasteiger partial charge on any atom is 2.00 e. The molecule has 0 fully saturated rings. The third kappa shape index (κ3) is 8.98. The molecule has 0 saturated heterocycles. The van der Waals surface area contributed by atoms with E-state index in [9.17, 15) is 5.11 Å². The molecule has 0 aliphatic heterocycles. The van der Waals surface area contributed by atoms with Gasteiger partial charge in [-0.2, -0.15) is 18.2 Å². The Bertz CT molecular complexity index is 1100. The van der Waals surface area contributed by atoms with Crippen LogP contribution in [0.3, 0.4) is 0 Å². The Hall–Kier alpha value is -2.68. The van der Waals surface area contributed by atoms with Gasteiger partial charge in [0.1, 0.15) is 11.5 Å². The van der Waals surface area contributed by atoms with Crippen LogP contribution in [0.15, 0.2) is 114 Å². The molecule has 0 unspecified atom stereocenters. The number of allylic oxidation sites excluding steroid dienone is 4. The number of nitrogens with zero attached hydrogens (tertiary/aromatic N) is 1. The van der Waals surface area contributed by atoms with Crippen LogP contribution < -0.4 is 14.6 Å². The first-order valence-electron chi connectivity index (χ1n) is 12.1. The average molecular weight is 557 g/mol. The van der Waals surface area contributed by atoms with Crippen LogP contribution in [0.2, 0.25) is 0 Å². The van der Waals surface area contributed by atoms with Crippen LogP contribution in [0.5, 0.6) is 11.5 Å². The SMILES string of the molecule is COc1ccccc1CP(Cc1ccccc1OC)C1=CC=C(CCN(C)C)C1=C[O-].[Fe+2].c1cc[cH-]c1. The van der Waals surface area contributed by atoms with Crippen LogP contribution in [-0.4, -0.2) is 39.8 Å². The first kappa shape index (κ1) is 30.5. The topological polar surface area (TPSA) is 44.8 Å². The van der Waals surface area contributed by atoms with Crippen LogP contribution in [0.1, 0.15) is 17.5 Å². The van der Waals surface area contributed by atoms with Crippen molar-refractivity contribution in [2.75, 3.05) is 34.9 Å². The van der Waals surface area contributed by atoms with Gasteiger partial charge in [-0.25, -0.2) is 12.1 Å². The molecule has 1 aliphatic carbocycles. The molecule has 0 radical (unpaired) electrons. The van der Waals surface area contributed by atoms with E-state index >= 15 is 0 Å². The van der Waals surface area contributed by atoms with Crippen molar-refractivity contribution in [3.63, 3.8) is 0 Å². The maximum atomic E-state index is 12.2. The monoisotopic (exact) mass is 557 g/mol. The molecule has 0 saturated carbocycles. The molecule has 3 aromatic rings. The van der Waals surface area contributed by atoms with Crippen molar-refractivity contribution in [2.45, 2.75) is 18.7 Å². The molecule has 0 heterocycles. The van der Waals surface area contributed by atoms with E-state index in [0.717, 1.165) is 59.5 Å². The molecule has 0 atom stereocenters. The number of rotatable bonds is 10. The third-order valence-corrected chi connectivity index (χ3v) is 8.53. The summed E-state index contributed by atoms with van der Waals surface area (Å²) < 4.78 is 11.2. The van der Waals surface area contributed by atoms with E-state index in [0.29, 0.717) is 0 Å². The summed E-state index contributed by atoms with van der Waals surface area (Å²) >= 11 is 0. The molecule has 1 aliphatic rings. The number of methoxy groups -OCH3 is 2. The van der Waals surface area contributed by atoms with Gasteiger partial charge in [0.2, 0.25) is 0 Å². The molecule has 0 spiro atoms. The maximum absolute atomic E-state index is 12.2. The molecular formula is C31H36FeNO3P. The molecule has 37 heavy (non-hydrogen) atoms. The van der Waals surface area contributed by atoms with Gasteiger partial charge in [0.05, 0.1) is 14.2 Å². The van der Waals surface area contributed by atoms with Gasteiger partial charge in [0, 0.05) is 18.9 Å². The fourth-order valence-electron chi connectivity index (χ4n) is 4.12. The predicted molar refractivity (Wildman–Crippen MR) is 150 cm³/mol. The van der Waals surface area contributed by atoms with Gasteiger partial charge >= 0.3 is 17.1 Å². The van der Waals surface area contributed by atoms with Crippen molar-refractivity contribution in [2.24, 2.45) is 0 Å². The van der Waals surface area contributed by atoms with Crippen LogP contribution >= 0.6 is 7.92 Å². The van der Waals surface area contributed by atoms with Crippen molar-refractivity contribution in [1.29, 1.82) is 0 Å². The molecule has 0 aromatic heterocycles. The predicted octanol–water partition coefficient (Wildman–Crippen LogP) is 6.31. The van der Waals surface area contributed by atoms with Gasteiger partial charge in [-0.1, -0.05) is 56.5 Å². The summed E-state index contributed by atoms with van der Waals surface area (Å²) in [5.74, 6) is 1.78. The van der Waals surface area contributed by atoms with Crippen LogP contribution in [-0.2, 0) is 29.4 Å². The summed E-state index contributed by atoms with van der Waals surface area (Å²) in [4.78, 5) is 2.15. The Labute approximate surface area is 233 Å². The number of hydrogen-bond acceptors (Lipinski definition) is 4. The zero-order chi connectivity index (χ0) is 25.8. The summed E-state index contributed by atoms with van der Waals surface area (Å²) in [6, 6.07) is 26.3. The smallest absolute Gasteiger partial charge is 0.877 e. The zero-order valence-electron chi connectivity index (χ0n) is 22.0. The van der Waals surface area contributed by atoms with Crippen molar-refractivity contribution >= 4 is 7.92 Å². The van der Waals surface area contributed by atoms with Gasteiger partial charge in [-0.15, -0.1) is 6.26 Å². The number of para-hydroxylation sites is 2. The Morgan fingerprint density at radius 1 is 0.838 bits per heavy atom. The van der Waals surface area contributed by atoms with Gasteiger partial charge < -0.3 is 19.5 Å². The molecule has 4 nitrogen and oxygen atoms in total. The Kier molecular flexibility index (Phi) is 13.4. The first-order chi connectivity index (χ1) is 17.6. The molecule has 196 valence electrons. The summed E-state index contributed by atoms with van der Waals surface area (Å²) in [5, 5.41) is 13.3. The van der Waals surface area contributed by atoms with E-state index in [2.05, 4.69) is 43.3 Å². The molecule has 0 amide bonds. The molecular weight excluding hydrogens is 521 g/mol. The summed E-state index contributed by atoms with van der Waals surface area (Å²) in [6.45, 7) is 0.918. The number of benzene rings is 2. The zero-order valence-corrected chi connectivity index (χ0v) is 24.0. The third-order valence-electron chi connectivity index (χ3n) is 6.01. The standard InChI is InChI=1S/C26H32NO3P.C5H5.Fe/c1-27(2)16-15-20-13-14-26(23(20)17-28)31(18-21-9-5-7-11-24(21)29-3)19-22-10-6-8-12-25(22)30-4;1-2-4-5-3-1;/h5-14,17,28H,15-16,18-19H2,1-4H3;1-5H;/q;-1;+2/p-1. The minimum Gasteiger partial charge on any atom is -0.877 e.